The number of aromatic nitrogens is 2. The molecule has 2 N–H and O–H groups in total. The number of halogens is 2. The average molecular weight is 418 g/mol. The first-order valence-electron chi connectivity index (χ1n) is 9.59. The number of carbonyl (C=O) groups excluding carboxylic acids is 1. The second-order valence-corrected chi connectivity index (χ2v) is 7.82. The number of piperazine rings is 1. The van der Waals surface area contributed by atoms with Gasteiger partial charge in [0.05, 0.1) is 0 Å². The van der Waals surface area contributed by atoms with Crippen molar-refractivity contribution in [1.29, 1.82) is 0 Å². The molecular weight excluding hydrogens is 385 g/mol. The molecule has 6 nitrogen and oxygen atoms in total. The van der Waals surface area contributed by atoms with Gasteiger partial charge in [0.1, 0.15) is 11.6 Å². The Balaban J connectivity index is 0.00000182. The maximum Gasteiger partial charge on any atom is 0.225 e. The van der Waals surface area contributed by atoms with Crippen molar-refractivity contribution in [3.63, 3.8) is 0 Å². The molecule has 2 aliphatic rings. The number of aryl methyl sites for hydroxylation is 1. The first-order valence-corrected chi connectivity index (χ1v) is 9.59. The summed E-state index contributed by atoms with van der Waals surface area (Å²) in [6.07, 6.45) is 3.98. The van der Waals surface area contributed by atoms with Crippen molar-refractivity contribution < 1.29 is 4.79 Å². The zero-order chi connectivity index (χ0) is 18.0. The van der Waals surface area contributed by atoms with E-state index < -0.39 is 0 Å². The summed E-state index contributed by atoms with van der Waals surface area (Å²) in [4.78, 5) is 26.3. The van der Waals surface area contributed by atoms with Gasteiger partial charge in [0.15, 0.2) is 0 Å². The number of carbonyl (C=O) groups is 1. The summed E-state index contributed by atoms with van der Waals surface area (Å²) in [6, 6.07) is 2.24. The fourth-order valence-corrected chi connectivity index (χ4v) is 3.86. The minimum absolute atomic E-state index is 0. The molecule has 1 aromatic rings. The molecule has 1 aliphatic heterocycles. The van der Waals surface area contributed by atoms with Gasteiger partial charge in [-0.2, -0.15) is 0 Å². The van der Waals surface area contributed by atoms with Gasteiger partial charge < -0.3 is 15.5 Å². The van der Waals surface area contributed by atoms with Crippen LogP contribution in [0, 0.1) is 12.8 Å². The van der Waals surface area contributed by atoms with Crippen LogP contribution in [0.1, 0.15) is 57.0 Å². The van der Waals surface area contributed by atoms with Crippen LogP contribution in [0.25, 0.3) is 0 Å². The van der Waals surface area contributed by atoms with Crippen LogP contribution in [0.2, 0.25) is 0 Å². The number of rotatable bonds is 3. The zero-order valence-electron chi connectivity index (χ0n) is 16.6. The molecule has 1 aliphatic carbocycles. The van der Waals surface area contributed by atoms with Crippen molar-refractivity contribution in [2.24, 2.45) is 11.7 Å². The maximum absolute atomic E-state index is 12.8. The third kappa shape index (κ3) is 5.93. The topological polar surface area (TPSA) is 75.3 Å². The molecule has 0 spiro atoms. The van der Waals surface area contributed by atoms with Crippen molar-refractivity contribution in [2.75, 3.05) is 31.1 Å². The first kappa shape index (κ1) is 23.9. The van der Waals surface area contributed by atoms with Crippen LogP contribution in [0.15, 0.2) is 6.07 Å². The van der Waals surface area contributed by atoms with E-state index in [2.05, 4.69) is 23.7 Å². The van der Waals surface area contributed by atoms with E-state index in [0.29, 0.717) is 11.8 Å². The van der Waals surface area contributed by atoms with Crippen molar-refractivity contribution >= 4 is 36.5 Å². The summed E-state index contributed by atoms with van der Waals surface area (Å²) < 4.78 is 0. The van der Waals surface area contributed by atoms with E-state index in [4.69, 9.17) is 10.7 Å². The van der Waals surface area contributed by atoms with E-state index in [0.717, 1.165) is 69.2 Å². The highest BCUT2D eigenvalue weighted by Gasteiger charge is 2.31. The van der Waals surface area contributed by atoms with Crippen LogP contribution in [-0.2, 0) is 4.79 Å². The molecule has 1 saturated heterocycles. The smallest absolute Gasteiger partial charge is 0.225 e. The van der Waals surface area contributed by atoms with Crippen LogP contribution < -0.4 is 10.6 Å². The Kier molecular flexibility index (Phi) is 9.25. The molecule has 0 radical (unpaired) electrons. The molecule has 8 heteroatoms. The number of amides is 1. The van der Waals surface area contributed by atoms with Gasteiger partial charge in [0, 0.05) is 55.8 Å². The fourth-order valence-electron chi connectivity index (χ4n) is 3.86. The van der Waals surface area contributed by atoms with E-state index in [1.807, 2.05) is 17.9 Å². The monoisotopic (exact) mass is 417 g/mol. The molecule has 154 valence electrons. The zero-order valence-corrected chi connectivity index (χ0v) is 18.2. The molecule has 1 aromatic heterocycles. The van der Waals surface area contributed by atoms with Gasteiger partial charge in [-0.25, -0.2) is 9.97 Å². The molecule has 0 bridgehead atoms. The molecule has 2 heterocycles. The third-order valence-electron chi connectivity index (χ3n) is 5.35. The highest BCUT2D eigenvalue weighted by atomic mass is 35.5. The Hall–Kier alpha value is -1.11. The molecule has 27 heavy (non-hydrogen) atoms. The third-order valence-corrected chi connectivity index (χ3v) is 5.35. The van der Waals surface area contributed by atoms with Crippen molar-refractivity contribution in [3.8, 4) is 0 Å². The lowest BCUT2D eigenvalue weighted by Gasteiger charge is -2.38. The van der Waals surface area contributed by atoms with E-state index in [-0.39, 0.29) is 36.8 Å². The normalized spacial score (nSPS) is 22.9. The van der Waals surface area contributed by atoms with Crippen LogP contribution in [0.3, 0.4) is 0 Å². The van der Waals surface area contributed by atoms with Gasteiger partial charge in [0.25, 0.3) is 0 Å². The van der Waals surface area contributed by atoms with Gasteiger partial charge in [-0.1, -0.05) is 20.3 Å². The van der Waals surface area contributed by atoms with Gasteiger partial charge in [-0.05, 0) is 26.2 Å². The summed E-state index contributed by atoms with van der Waals surface area (Å²) >= 11 is 0. The maximum atomic E-state index is 12.8. The first-order chi connectivity index (χ1) is 11.9. The molecule has 2 fully saturated rings. The summed E-state index contributed by atoms with van der Waals surface area (Å²) in [5.41, 5.74) is 7.05. The molecule has 1 amide bonds. The Morgan fingerprint density at radius 2 is 1.81 bits per heavy atom. The van der Waals surface area contributed by atoms with Crippen LogP contribution in [-0.4, -0.2) is 53.0 Å². The highest BCUT2D eigenvalue weighted by Crippen LogP contribution is 2.26. The Bertz CT molecular complexity index is 620. The second kappa shape index (κ2) is 10.4. The van der Waals surface area contributed by atoms with Gasteiger partial charge in [-0.15, -0.1) is 24.8 Å². The molecule has 0 aromatic carbocycles. The SMILES string of the molecule is Cc1cc(N2CCN(C(=O)C3CCCC(N)C3)CC2)nc(C(C)C)n1.Cl.Cl. The molecule has 1 saturated carbocycles. The van der Waals surface area contributed by atoms with E-state index in [9.17, 15) is 4.79 Å². The van der Waals surface area contributed by atoms with Crippen LogP contribution in [0.5, 0.6) is 0 Å². The molecule has 2 atom stereocenters. The molecule has 2 unspecified atom stereocenters. The molecule has 3 rings (SSSR count). The predicted octanol–water partition coefficient (Wildman–Crippen LogP) is 2.92. The van der Waals surface area contributed by atoms with Crippen molar-refractivity contribution in [3.05, 3.63) is 17.6 Å². The number of anilines is 1. The van der Waals surface area contributed by atoms with Gasteiger partial charge in [-0.3, -0.25) is 4.79 Å². The average Bonchev–Trinajstić information content (AvgIpc) is 2.60. The summed E-state index contributed by atoms with van der Waals surface area (Å²) in [5.74, 6) is 2.63. The number of nitrogens with zero attached hydrogens (tertiary/aromatic N) is 4. The van der Waals surface area contributed by atoms with Crippen molar-refractivity contribution in [2.45, 2.75) is 58.4 Å². The van der Waals surface area contributed by atoms with Crippen LogP contribution >= 0.6 is 24.8 Å². The lowest BCUT2D eigenvalue weighted by molar-refractivity contribution is -0.137. The summed E-state index contributed by atoms with van der Waals surface area (Å²) in [5, 5.41) is 0. The number of hydrogen-bond donors (Lipinski definition) is 1. The number of nitrogens with two attached hydrogens (primary N) is 1. The van der Waals surface area contributed by atoms with Gasteiger partial charge in [0.2, 0.25) is 5.91 Å². The Morgan fingerprint density at radius 3 is 2.41 bits per heavy atom. The van der Waals surface area contributed by atoms with E-state index >= 15 is 0 Å². The predicted molar refractivity (Wildman–Crippen MR) is 114 cm³/mol. The highest BCUT2D eigenvalue weighted by molar-refractivity contribution is 5.85. The van der Waals surface area contributed by atoms with Gasteiger partial charge >= 0.3 is 0 Å². The second-order valence-electron chi connectivity index (χ2n) is 7.82. The largest absolute Gasteiger partial charge is 0.353 e. The lowest BCUT2D eigenvalue weighted by atomic mass is 9.85. The van der Waals surface area contributed by atoms with Crippen LogP contribution in [0.4, 0.5) is 5.82 Å². The minimum Gasteiger partial charge on any atom is -0.353 e. The van der Waals surface area contributed by atoms with E-state index in [1.54, 1.807) is 0 Å². The van der Waals surface area contributed by atoms with E-state index in [1.165, 1.54) is 0 Å². The fraction of sp³-hybridized carbons (Fsp3) is 0.737. The Morgan fingerprint density at radius 1 is 1.15 bits per heavy atom. The quantitative estimate of drug-likeness (QED) is 0.817. The molecular formula is C19H33Cl2N5O. The minimum atomic E-state index is 0. The summed E-state index contributed by atoms with van der Waals surface area (Å²) in [7, 11) is 0. The summed E-state index contributed by atoms with van der Waals surface area (Å²) in [6.45, 7) is 9.45. The standard InChI is InChI=1S/C19H31N5O.2ClH/c1-13(2)18-21-14(3)11-17(22-18)23-7-9-24(10-8-23)19(25)15-5-4-6-16(20)12-15;;/h11,13,15-16H,4-10,12,20H2,1-3H3;2*1H. The number of hydrogen-bond acceptors (Lipinski definition) is 5. The Labute approximate surface area is 175 Å². The van der Waals surface area contributed by atoms with Crippen molar-refractivity contribution in [1.82, 2.24) is 14.9 Å². The lowest BCUT2D eigenvalue weighted by Crippen LogP contribution is -2.51.